The zero-order valence-electron chi connectivity index (χ0n) is 13.1. The molecular weight excluding hydrogens is 320 g/mol. The Kier molecular flexibility index (Phi) is 5.49. The van der Waals surface area contributed by atoms with Crippen LogP contribution in [0.2, 0.25) is 0 Å². The third kappa shape index (κ3) is 4.38. The zero-order chi connectivity index (χ0) is 17.0. The molecule has 8 heteroatoms. The molecular formula is C15H18N2O5S. The van der Waals surface area contributed by atoms with Crippen LogP contribution in [0.5, 0.6) is 0 Å². The van der Waals surface area contributed by atoms with E-state index in [1.54, 1.807) is 6.92 Å². The smallest absolute Gasteiger partial charge is 0.339 e. The summed E-state index contributed by atoms with van der Waals surface area (Å²) in [6, 6.07) is 1.43. The molecule has 124 valence electrons. The highest BCUT2D eigenvalue weighted by Crippen LogP contribution is 2.19. The maximum Gasteiger partial charge on any atom is 0.339 e. The lowest BCUT2D eigenvalue weighted by molar-refractivity contribution is -0.118. The van der Waals surface area contributed by atoms with Crippen LogP contribution in [-0.4, -0.2) is 27.9 Å². The molecule has 0 aromatic carbocycles. The molecule has 0 saturated heterocycles. The van der Waals surface area contributed by atoms with Crippen LogP contribution in [0.25, 0.3) is 0 Å². The van der Waals surface area contributed by atoms with E-state index in [4.69, 9.17) is 14.0 Å². The molecule has 0 bridgehead atoms. The van der Waals surface area contributed by atoms with Crippen LogP contribution in [0.1, 0.15) is 38.9 Å². The zero-order valence-corrected chi connectivity index (χ0v) is 14.0. The molecule has 2 N–H and O–H groups in total. The van der Waals surface area contributed by atoms with Crippen molar-refractivity contribution in [2.24, 2.45) is 0 Å². The molecule has 0 saturated carbocycles. The number of amides is 1. The van der Waals surface area contributed by atoms with E-state index < -0.39 is 5.97 Å². The summed E-state index contributed by atoms with van der Waals surface area (Å²) in [6.45, 7) is 5.45. The summed E-state index contributed by atoms with van der Waals surface area (Å²) in [5, 5.41) is 15.5. The number of hydrogen-bond donors (Lipinski definition) is 2. The number of nitrogens with one attached hydrogen (secondary N) is 1. The number of aromatic nitrogens is 1. The van der Waals surface area contributed by atoms with Gasteiger partial charge in [0.05, 0.1) is 18.0 Å². The Morgan fingerprint density at radius 1 is 1.30 bits per heavy atom. The van der Waals surface area contributed by atoms with Crippen LogP contribution in [0, 0.1) is 20.8 Å². The van der Waals surface area contributed by atoms with Gasteiger partial charge in [0.2, 0.25) is 5.91 Å². The first-order chi connectivity index (χ1) is 10.9. The summed E-state index contributed by atoms with van der Waals surface area (Å²) in [7, 11) is 0. The molecule has 0 aliphatic heterocycles. The fraction of sp³-hybridized carbons (Fsp3) is 0.400. The van der Waals surface area contributed by atoms with Gasteiger partial charge in [-0.3, -0.25) is 4.79 Å². The number of carbonyl (C=O) groups is 2. The second kappa shape index (κ2) is 7.36. The second-order valence-corrected chi connectivity index (χ2v) is 6.05. The van der Waals surface area contributed by atoms with Crippen molar-refractivity contribution < 1.29 is 23.6 Å². The molecule has 7 nitrogen and oxygen atoms in total. The summed E-state index contributed by atoms with van der Waals surface area (Å²) < 4.78 is 10.4. The number of furan rings is 1. The topological polar surface area (TPSA) is 106 Å². The van der Waals surface area contributed by atoms with Gasteiger partial charge in [-0.15, -0.1) is 11.8 Å². The van der Waals surface area contributed by atoms with Gasteiger partial charge in [0, 0.05) is 11.3 Å². The van der Waals surface area contributed by atoms with Crippen molar-refractivity contribution in [3.63, 3.8) is 0 Å². The van der Waals surface area contributed by atoms with Crippen LogP contribution in [0.4, 0.5) is 0 Å². The lowest BCUT2D eigenvalue weighted by Crippen LogP contribution is -2.24. The quantitative estimate of drug-likeness (QED) is 0.798. The minimum Gasteiger partial charge on any atom is -0.478 e. The van der Waals surface area contributed by atoms with E-state index in [-0.39, 0.29) is 23.8 Å². The molecule has 2 heterocycles. The van der Waals surface area contributed by atoms with Crippen molar-refractivity contribution in [3.8, 4) is 0 Å². The van der Waals surface area contributed by atoms with Crippen LogP contribution >= 0.6 is 11.8 Å². The first-order valence-electron chi connectivity index (χ1n) is 6.97. The molecule has 0 atom stereocenters. The number of carboxylic acids is 1. The van der Waals surface area contributed by atoms with Gasteiger partial charge in [0.15, 0.2) is 0 Å². The maximum atomic E-state index is 11.8. The van der Waals surface area contributed by atoms with Gasteiger partial charge in [-0.05, 0) is 26.8 Å². The van der Waals surface area contributed by atoms with E-state index in [0.29, 0.717) is 17.3 Å². The van der Waals surface area contributed by atoms with Gasteiger partial charge in [0.1, 0.15) is 22.8 Å². The number of hydrogen-bond acceptors (Lipinski definition) is 6. The number of nitrogens with zero attached hydrogens (tertiary/aromatic N) is 1. The minimum absolute atomic E-state index is 0.113. The number of aromatic carboxylic acids is 1. The van der Waals surface area contributed by atoms with E-state index in [9.17, 15) is 9.59 Å². The standard InChI is InChI=1S/C15H18N2O5S/c1-8-13(10(3)22-17-8)6-23-7-14(18)16-5-11-4-12(15(19)20)9(2)21-11/h4H,5-7H2,1-3H3,(H,16,18)(H,19,20). The van der Waals surface area contributed by atoms with Crippen molar-refractivity contribution in [3.05, 3.63) is 40.2 Å². The third-order valence-electron chi connectivity index (χ3n) is 3.32. The Bertz CT molecular complexity index is 700. The Morgan fingerprint density at radius 2 is 2.04 bits per heavy atom. The van der Waals surface area contributed by atoms with Gasteiger partial charge >= 0.3 is 5.97 Å². The molecule has 0 spiro atoms. The van der Waals surface area contributed by atoms with Crippen molar-refractivity contribution in [1.29, 1.82) is 0 Å². The molecule has 2 aromatic rings. The fourth-order valence-corrected chi connectivity index (χ4v) is 3.04. The summed E-state index contributed by atoms with van der Waals surface area (Å²) in [5.41, 5.74) is 1.96. The lowest BCUT2D eigenvalue weighted by atomic mass is 10.2. The highest BCUT2D eigenvalue weighted by atomic mass is 32.2. The van der Waals surface area contributed by atoms with Crippen molar-refractivity contribution in [1.82, 2.24) is 10.5 Å². The second-order valence-electron chi connectivity index (χ2n) is 5.06. The summed E-state index contributed by atoms with van der Waals surface area (Å²) in [4.78, 5) is 22.7. The van der Waals surface area contributed by atoms with Crippen molar-refractivity contribution in [2.75, 3.05) is 5.75 Å². The minimum atomic E-state index is -1.04. The average Bonchev–Trinajstić information content (AvgIpc) is 3.01. The molecule has 2 rings (SSSR count). The largest absolute Gasteiger partial charge is 0.478 e. The maximum absolute atomic E-state index is 11.8. The monoisotopic (exact) mass is 338 g/mol. The van der Waals surface area contributed by atoms with Gasteiger partial charge in [0.25, 0.3) is 0 Å². The fourth-order valence-electron chi connectivity index (χ4n) is 2.03. The highest BCUT2D eigenvalue weighted by Gasteiger charge is 2.14. The third-order valence-corrected chi connectivity index (χ3v) is 4.28. The Labute approximate surface area is 137 Å². The van der Waals surface area contributed by atoms with Crippen LogP contribution in [-0.2, 0) is 17.1 Å². The predicted molar refractivity (Wildman–Crippen MR) is 84.4 cm³/mol. The lowest BCUT2D eigenvalue weighted by Gasteiger charge is -2.03. The van der Waals surface area contributed by atoms with Crippen molar-refractivity contribution >= 4 is 23.6 Å². The van der Waals surface area contributed by atoms with Crippen molar-refractivity contribution in [2.45, 2.75) is 33.1 Å². The molecule has 0 aliphatic carbocycles. The number of thioether (sulfide) groups is 1. The SMILES string of the molecule is Cc1noc(C)c1CSCC(=O)NCc1cc(C(=O)O)c(C)o1. The number of aryl methyl sites for hydroxylation is 3. The Morgan fingerprint density at radius 3 is 2.61 bits per heavy atom. The highest BCUT2D eigenvalue weighted by molar-refractivity contribution is 7.99. The summed E-state index contributed by atoms with van der Waals surface area (Å²) >= 11 is 1.46. The number of carbonyl (C=O) groups excluding carboxylic acids is 1. The van der Waals surface area contributed by atoms with E-state index in [2.05, 4.69) is 10.5 Å². The van der Waals surface area contributed by atoms with Gasteiger partial charge in [-0.25, -0.2) is 4.79 Å². The molecule has 0 fully saturated rings. The first-order valence-corrected chi connectivity index (χ1v) is 8.12. The summed E-state index contributed by atoms with van der Waals surface area (Å²) in [6.07, 6.45) is 0. The van der Waals surface area contributed by atoms with Crippen LogP contribution < -0.4 is 5.32 Å². The molecule has 23 heavy (non-hydrogen) atoms. The molecule has 2 aromatic heterocycles. The Balaban J connectivity index is 1.77. The van der Waals surface area contributed by atoms with Crippen LogP contribution in [0.3, 0.4) is 0 Å². The molecule has 0 radical (unpaired) electrons. The van der Waals surface area contributed by atoms with E-state index in [0.717, 1.165) is 17.0 Å². The van der Waals surface area contributed by atoms with E-state index in [1.807, 2.05) is 13.8 Å². The number of rotatable bonds is 7. The van der Waals surface area contributed by atoms with Gasteiger partial charge < -0.3 is 19.4 Å². The molecule has 0 aliphatic rings. The predicted octanol–water partition coefficient (Wildman–Crippen LogP) is 2.44. The molecule has 0 unspecified atom stereocenters. The average molecular weight is 338 g/mol. The van der Waals surface area contributed by atoms with Crippen LogP contribution in [0.15, 0.2) is 15.0 Å². The summed E-state index contributed by atoms with van der Waals surface area (Å²) in [5.74, 6) is 1.26. The van der Waals surface area contributed by atoms with E-state index in [1.165, 1.54) is 17.8 Å². The number of carboxylic acid groups (broad SMARTS) is 1. The van der Waals surface area contributed by atoms with E-state index >= 15 is 0 Å². The Hall–Kier alpha value is -2.22. The van der Waals surface area contributed by atoms with Gasteiger partial charge in [-0.2, -0.15) is 0 Å². The molecule has 1 amide bonds. The normalized spacial score (nSPS) is 10.7. The van der Waals surface area contributed by atoms with Gasteiger partial charge in [-0.1, -0.05) is 5.16 Å². The first kappa shape index (κ1) is 17.1.